The molecule has 0 atom stereocenters. The van der Waals surface area contributed by atoms with Gasteiger partial charge in [0.15, 0.2) is 0 Å². The molecule has 180 valence electrons. The monoisotopic (exact) mass is 469 g/mol. The Morgan fingerprint density at radius 1 is 1.14 bits per heavy atom. The van der Waals surface area contributed by atoms with E-state index < -0.39 is 5.56 Å². The van der Waals surface area contributed by atoms with Crippen molar-refractivity contribution in [1.29, 1.82) is 5.26 Å². The summed E-state index contributed by atoms with van der Waals surface area (Å²) in [5.74, 6) is 0.184. The number of nitrogens with one attached hydrogen (secondary N) is 2. The van der Waals surface area contributed by atoms with E-state index in [-0.39, 0.29) is 11.5 Å². The molecule has 0 saturated carbocycles. The zero-order valence-electron chi connectivity index (χ0n) is 20.5. The summed E-state index contributed by atoms with van der Waals surface area (Å²) in [7, 11) is 0. The average Bonchev–Trinajstić information content (AvgIpc) is 2.87. The quantitative estimate of drug-likeness (QED) is 0.406. The van der Waals surface area contributed by atoms with Crippen LogP contribution in [0, 0.1) is 25.2 Å². The highest BCUT2D eigenvalue weighted by Crippen LogP contribution is 2.20. The van der Waals surface area contributed by atoms with Crippen molar-refractivity contribution in [3.05, 3.63) is 80.6 Å². The summed E-state index contributed by atoms with van der Waals surface area (Å²) in [6, 6.07) is 15.5. The summed E-state index contributed by atoms with van der Waals surface area (Å²) >= 11 is 0. The molecule has 0 radical (unpaired) electrons. The van der Waals surface area contributed by atoms with Crippen LogP contribution in [0.25, 0.3) is 11.3 Å². The molecule has 2 heterocycles. The Labute approximate surface area is 205 Å². The smallest absolute Gasteiger partial charge is 0.270 e. The van der Waals surface area contributed by atoms with Crippen LogP contribution in [0.1, 0.15) is 34.7 Å². The van der Waals surface area contributed by atoms with Crippen LogP contribution in [0.3, 0.4) is 0 Å². The van der Waals surface area contributed by atoms with Crippen molar-refractivity contribution in [3.8, 4) is 17.3 Å². The maximum Gasteiger partial charge on any atom is 0.270 e. The van der Waals surface area contributed by atoms with E-state index in [1.807, 2.05) is 36.4 Å². The van der Waals surface area contributed by atoms with E-state index in [1.54, 1.807) is 6.21 Å². The topological polar surface area (TPSA) is 100 Å². The highest BCUT2D eigenvalue weighted by molar-refractivity contribution is 5.83. The molecule has 2 N–H and O–H groups in total. The van der Waals surface area contributed by atoms with Crippen LogP contribution in [0.2, 0.25) is 0 Å². The Balaban J connectivity index is 1.52. The van der Waals surface area contributed by atoms with E-state index in [0.29, 0.717) is 11.3 Å². The molecule has 0 unspecified atom stereocenters. The number of aromatic nitrogens is 2. The van der Waals surface area contributed by atoms with Gasteiger partial charge in [-0.1, -0.05) is 55.0 Å². The molecular formula is C27H31N7O. The number of rotatable bonds is 7. The first-order valence-corrected chi connectivity index (χ1v) is 11.9. The normalized spacial score (nSPS) is 14.8. The molecule has 0 aliphatic carbocycles. The minimum Gasteiger partial charge on any atom is -0.301 e. The first-order chi connectivity index (χ1) is 17.0. The first kappa shape index (κ1) is 24.3. The lowest BCUT2D eigenvalue weighted by Crippen LogP contribution is -2.45. The molecule has 0 amide bonds. The molecule has 1 aliphatic heterocycles. The van der Waals surface area contributed by atoms with Crippen molar-refractivity contribution in [3.63, 3.8) is 0 Å². The molecule has 0 bridgehead atoms. The van der Waals surface area contributed by atoms with Crippen molar-refractivity contribution in [2.45, 2.75) is 27.3 Å². The summed E-state index contributed by atoms with van der Waals surface area (Å²) in [6.45, 7) is 12.8. The predicted octanol–water partition coefficient (Wildman–Crippen LogP) is 3.51. The van der Waals surface area contributed by atoms with Gasteiger partial charge >= 0.3 is 0 Å². The second-order valence-electron chi connectivity index (χ2n) is 8.83. The van der Waals surface area contributed by atoms with E-state index in [9.17, 15) is 10.1 Å². The number of H-pyrrole nitrogens is 1. The highest BCUT2D eigenvalue weighted by Gasteiger charge is 2.17. The van der Waals surface area contributed by atoms with Gasteiger partial charge in [0.25, 0.3) is 5.56 Å². The van der Waals surface area contributed by atoms with E-state index in [0.717, 1.165) is 44.8 Å². The Bertz CT molecular complexity index is 1300. The Morgan fingerprint density at radius 3 is 2.54 bits per heavy atom. The molecule has 1 aromatic heterocycles. The number of piperazine rings is 1. The number of nitrogens with zero attached hydrogens (tertiary/aromatic N) is 5. The number of hydrogen-bond acceptors (Lipinski definition) is 7. The second-order valence-corrected chi connectivity index (χ2v) is 8.83. The molecule has 3 aromatic rings. The molecule has 1 aliphatic rings. The maximum atomic E-state index is 12.5. The summed E-state index contributed by atoms with van der Waals surface area (Å²) in [4.78, 5) is 24.5. The molecule has 1 saturated heterocycles. The number of hydrogen-bond donors (Lipinski definition) is 2. The fourth-order valence-corrected chi connectivity index (χ4v) is 4.36. The molecule has 1 fully saturated rings. The van der Waals surface area contributed by atoms with Crippen molar-refractivity contribution in [2.75, 3.05) is 38.1 Å². The molecule has 8 nitrogen and oxygen atoms in total. The average molecular weight is 470 g/mol. The lowest BCUT2D eigenvalue weighted by Gasteiger charge is -2.34. The molecule has 35 heavy (non-hydrogen) atoms. The van der Waals surface area contributed by atoms with Crippen LogP contribution in [0.15, 0.2) is 52.4 Å². The van der Waals surface area contributed by atoms with Crippen molar-refractivity contribution in [1.82, 2.24) is 19.8 Å². The zero-order valence-corrected chi connectivity index (χ0v) is 20.5. The number of hydrazone groups is 1. The first-order valence-electron chi connectivity index (χ1n) is 11.9. The number of benzene rings is 2. The maximum absolute atomic E-state index is 12.5. The van der Waals surface area contributed by atoms with Gasteiger partial charge in [0.2, 0.25) is 5.95 Å². The van der Waals surface area contributed by atoms with E-state index in [2.05, 4.69) is 63.2 Å². The Hall–Kier alpha value is -3.80. The number of aromatic amines is 1. The van der Waals surface area contributed by atoms with Crippen LogP contribution in [-0.4, -0.2) is 58.7 Å². The summed E-state index contributed by atoms with van der Waals surface area (Å²) in [5.41, 5.74) is 8.00. The van der Waals surface area contributed by atoms with Gasteiger partial charge in [-0.3, -0.25) is 14.7 Å². The zero-order chi connectivity index (χ0) is 24.8. The minimum absolute atomic E-state index is 0.0235. The molecular weight excluding hydrogens is 438 g/mol. The van der Waals surface area contributed by atoms with E-state index >= 15 is 0 Å². The SMILES string of the molecule is CCN1CCN(Cc2cc(C)cc(C=NNc3nc(-c4ccccc4)c(C#N)c(=O)[nH]3)c2C)CC1. The van der Waals surface area contributed by atoms with Crippen molar-refractivity contribution < 1.29 is 0 Å². The van der Waals surface area contributed by atoms with Crippen molar-refractivity contribution >= 4 is 12.2 Å². The third-order valence-electron chi connectivity index (χ3n) is 6.46. The molecule has 0 spiro atoms. The van der Waals surface area contributed by atoms with Crippen molar-refractivity contribution in [2.24, 2.45) is 5.10 Å². The van der Waals surface area contributed by atoms with E-state index in [1.165, 1.54) is 16.7 Å². The van der Waals surface area contributed by atoms with Gasteiger partial charge in [0.05, 0.1) is 11.9 Å². The summed E-state index contributed by atoms with van der Waals surface area (Å²) in [6.07, 6.45) is 1.75. The van der Waals surface area contributed by atoms with Gasteiger partial charge < -0.3 is 4.90 Å². The largest absolute Gasteiger partial charge is 0.301 e. The molecule has 2 aromatic carbocycles. The number of nitriles is 1. The number of anilines is 1. The van der Waals surface area contributed by atoms with Gasteiger partial charge in [-0.05, 0) is 37.1 Å². The van der Waals surface area contributed by atoms with Gasteiger partial charge in [0, 0.05) is 38.3 Å². The number of aryl methyl sites for hydroxylation is 1. The van der Waals surface area contributed by atoms with Gasteiger partial charge in [-0.15, -0.1) is 0 Å². The fourth-order valence-electron chi connectivity index (χ4n) is 4.36. The summed E-state index contributed by atoms with van der Waals surface area (Å²) < 4.78 is 0. The Kier molecular flexibility index (Phi) is 7.70. The Morgan fingerprint density at radius 2 is 1.86 bits per heavy atom. The van der Waals surface area contributed by atoms with Gasteiger partial charge in [0.1, 0.15) is 11.6 Å². The highest BCUT2D eigenvalue weighted by atomic mass is 16.1. The van der Waals surface area contributed by atoms with Gasteiger partial charge in [-0.25, -0.2) is 10.4 Å². The van der Waals surface area contributed by atoms with Crippen LogP contribution in [0.5, 0.6) is 0 Å². The second kappa shape index (κ2) is 11.1. The third-order valence-corrected chi connectivity index (χ3v) is 6.46. The fraction of sp³-hybridized carbons (Fsp3) is 0.333. The van der Waals surface area contributed by atoms with Crippen LogP contribution < -0.4 is 11.0 Å². The number of likely N-dealkylation sites (N-methyl/N-ethyl adjacent to an activating group) is 1. The molecule has 4 rings (SSSR count). The van der Waals surface area contributed by atoms with Crippen LogP contribution in [-0.2, 0) is 6.54 Å². The molecule has 8 heteroatoms. The van der Waals surface area contributed by atoms with E-state index in [4.69, 9.17) is 0 Å². The van der Waals surface area contributed by atoms with Crippen LogP contribution in [0.4, 0.5) is 5.95 Å². The third kappa shape index (κ3) is 5.83. The van der Waals surface area contributed by atoms with Crippen LogP contribution >= 0.6 is 0 Å². The summed E-state index contributed by atoms with van der Waals surface area (Å²) in [5, 5.41) is 13.8. The standard InChI is InChI=1S/C27H31N7O/c1-4-33-10-12-34(13-11-33)18-23-15-19(2)14-22(20(23)3)17-29-32-27-30-25(21-8-6-5-7-9-21)24(16-28)26(35)31-27/h5-9,14-15,17H,4,10-13,18H2,1-3H3,(H2,30,31,32,35). The van der Waals surface area contributed by atoms with Gasteiger partial charge in [-0.2, -0.15) is 10.4 Å². The predicted molar refractivity (Wildman–Crippen MR) is 140 cm³/mol. The minimum atomic E-state index is -0.503. The lowest BCUT2D eigenvalue weighted by molar-refractivity contribution is 0.132. The lowest BCUT2D eigenvalue weighted by atomic mass is 9.99.